The summed E-state index contributed by atoms with van der Waals surface area (Å²) in [7, 11) is 0. The molecule has 0 bridgehead atoms. The Balaban J connectivity index is 3.40. The van der Waals surface area contributed by atoms with Gasteiger partial charge in [-0.1, -0.05) is 79.0 Å². The van der Waals surface area contributed by atoms with Crippen molar-refractivity contribution in [3.8, 4) is 0 Å². The molecule has 0 aliphatic carbocycles. The maximum Gasteiger partial charge on any atom is 0.315 e. The highest BCUT2D eigenvalue weighted by molar-refractivity contribution is 7.76. The van der Waals surface area contributed by atoms with Crippen molar-refractivity contribution in [3.63, 3.8) is 0 Å². The van der Waals surface area contributed by atoms with Crippen LogP contribution < -0.4 is 26.6 Å². The molecule has 0 radical (unpaired) electrons. The van der Waals surface area contributed by atoms with Gasteiger partial charge in [-0.3, -0.25) is 29.0 Å². The topological polar surface area (TPSA) is 211 Å². The van der Waals surface area contributed by atoms with Crippen molar-refractivity contribution in [3.05, 3.63) is 24.3 Å². The maximum atomic E-state index is 14.4. The third kappa shape index (κ3) is 15.2. The molecule has 0 aromatic heterocycles. The Morgan fingerprint density at radius 2 is 1.65 bits per heavy atom. The summed E-state index contributed by atoms with van der Waals surface area (Å²) < 4.78 is 23.4. The van der Waals surface area contributed by atoms with E-state index in [1.807, 2.05) is 47.6 Å². The van der Waals surface area contributed by atoms with Gasteiger partial charge in [0.1, 0.15) is 12.1 Å². The molecular weight excluding hydrogens is 691 g/mol. The van der Waals surface area contributed by atoms with Crippen LogP contribution >= 0.6 is 0 Å². The number of nitrogens with one attached hydrogen (secondary N) is 4. The zero-order valence-electron chi connectivity index (χ0n) is 32.8. The number of carbonyl (C=O) groups is 6. The van der Waals surface area contributed by atoms with Gasteiger partial charge in [0.2, 0.25) is 28.9 Å². The Kier molecular flexibility index (Phi) is 19.1. The van der Waals surface area contributed by atoms with Crippen LogP contribution in [0.4, 0.5) is 4.79 Å². The van der Waals surface area contributed by atoms with Crippen LogP contribution in [0.5, 0.6) is 0 Å². The summed E-state index contributed by atoms with van der Waals surface area (Å²) >= 11 is -2.37. The lowest BCUT2D eigenvalue weighted by molar-refractivity contribution is -0.566. The second kappa shape index (κ2) is 21.3. The first-order valence-electron chi connectivity index (χ1n) is 18.0. The van der Waals surface area contributed by atoms with Crippen LogP contribution in [-0.4, -0.2) is 110 Å². The lowest BCUT2D eigenvalue weighted by Crippen LogP contribution is -2.88. The molecule has 52 heavy (non-hydrogen) atoms. The molecular formula is C36H64N7O8S+. The van der Waals surface area contributed by atoms with Gasteiger partial charge in [-0.15, -0.1) is 6.58 Å². The number of nitrogens with two attached hydrogens (primary N) is 1. The van der Waals surface area contributed by atoms with Crippen LogP contribution in [-0.2, 0) is 35.2 Å². The summed E-state index contributed by atoms with van der Waals surface area (Å²) in [4.78, 5) is 80.7. The van der Waals surface area contributed by atoms with Gasteiger partial charge in [-0.05, 0) is 37.5 Å². The van der Waals surface area contributed by atoms with E-state index in [2.05, 4.69) is 27.8 Å². The summed E-state index contributed by atoms with van der Waals surface area (Å²) in [6.07, 6.45) is 5.39. The van der Waals surface area contributed by atoms with Crippen molar-refractivity contribution >= 4 is 46.7 Å². The Bertz CT molecular complexity index is 1340. The van der Waals surface area contributed by atoms with Gasteiger partial charge in [0.15, 0.2) is 0 Å². The Hall–Kier alpha value is -3.47. The summed E-state index contributed by atoms with van der Waals surface area (Å²) in [5.74, 6) is -3.20. The van der Waals surface area contributed by atoms with Crippen LogP contribution in [0.1, 0.15) is 94.9 Å². The van der Waals surface area contributed by atoms with E-state index in [1.165, 1.54) is 27.5 Å². The van der Waals surface area contributed by atoms with E-state index in [9.17, 15) is 37.5 Å². The first-order valence-corrected chi connectivity index (χ1v) is 19.1. The monoisotopic (exact) mass is 754 g/mol. The van der Waals surface area contributed by atoms with Gasteiger partial charge in [0.05, 0.1) is 26.1 Å². The molecule has 0 saturated carbocycles. The zero-order valence-corrected chi connectivity index (χ0v) is 33.6. The van der Waals surface area contributed by atoms with Crippen LogP contribution in [0.15, 0.2) is 24.3 Å². The number of amides is 6. The standard InChI is InChI=1S/C36H63N7O8S/c1-12-14-15-26(29(45)32(47)38-17-13-2)39-31(46)28-25(21-23(3)4)16-19-43(28)33(48)30(36(9,10)11)41-34(49)40-27(35(6,7)8)22-42(52(50)51)20-18-37-24(5)44/h13,21,25-28,30H,2,12,14-20,22H2,1,3-11H3,(H,37,44)(H,38,47)(H,39,46)(H,50,51)(H2,40,41,49)/p+1/t25?,26?,27-,28+,30-/m1/s1. The fraction of sp³-hybridized carbons (Fsp3) is 0.722. The Morgan fingerprint density at radius 1 is 1.02 bits per heavy atom. The van der Waals surface area contributed by atoms with Crippen LogP contribution in [0, 0.1) is 16.7 Å². The predicted molar refractivity (Wildman–Crippen MR) is 201 cm³/mol. The molecule has 0 aromatic carbocycles. The van der Waals surface area contributed by atoms with Crippen molar-refractivity contribution in [2.75, 3.05) is 32.7 Å². The van der Waals surface area contributed by atoms with Gasteiger partial charge >= 0.3 is 11.9 Å². The molecule has 15 nitrogen and oxygen atoms in total. The van der Waals surface area contributed by atoms with Gasteiger partial charge in [0.25, 0.3) is 5.91 Å². The number of urea groups is 1. The number of likely N-dealkylation sites (tertiary alicyclic amines) is 1. The highest BCUT2D eigenvalue weighted by atomic mass is 32.2. The van der Waals surface area contributed by atoms with E-state index in [-0.39, 0.29) is 51.0 Å². The molecule has 0 aromatic rings. The van der Waals surface area contributed by atoms with Gasteiger partial charge in [-0.25, -0.2) is 13.8 Å². The molecule has 1 fully saturated rings. The number of hydrogen-bond donors (Lipinski definition) is 6. The molecule has 7 N–H and O–H groups in total. The van der Waals surface area contributed by atoms with E-state index in [0.29, 0.717) is 12.8 Å². The smallest absolute Gasteiger partial charge is 0.315 e. The third-order valence-electron chi connectivity index (χ3n) is 8.81. The average Bonchev–Trinajstić information content (AvgIpc) is 3.44. The molecule has 296 valence electrons. The average molecular weight is 755 g/mol. The lowest BCUT2D eigenvalue weighted by atomic mass is 9.85. The van der Waals surface area contributed by atoms with Crippen LogP contribution in [0.3, 0.4) is 0 Å². The number of allylic oxidation sites excluding steroid dienone is 1. The van der Waals surface area contributed by atoms with E-state index < -0.39 is 75.8 Å². The molecule has 6 atom stereocenters. The van der Waals surface area contributed by atoms with E-state index in [0.717, 1.165) is 12.0 Å². The maximum absolute atomic E-state index is 14.4. The van der Waals surface area contributed by atoms with Gasteiger partial charge in [-0.2, -0.15) is 4.31 Å². The van der Waals surface area contributed by atoms with Gasteiger partial charge < -0.3 is 26.2 Å². The molecule has 3 unspecified atom stereocenters. The fourth-order valence-electron chi connectivity index (χ4n) is 5.88. The largest absolute Gasteiger partial charge is 0.346 e. The SMILES string of the molecule is C=CCNC(=O)C(=O)C(CCCC)NC(=O)[C@@H]1C(C=C(C)C)CCN1C(=O)[C@@H](NC(=O)N[C@H](CN(CC[NH2+]C(C)=O)S(=O)O)C(C)(C)C)C(C)(C)C. The summed E-state index contributed by atoms with van der Waals surface area (Å²) in [6, 6.07) is -4.52. The first-order chi connectivity index (χ1) is 24.0. The fourth-order valence-corrected chi connectivity index (χ4v) is 6.41. The molecule has 6 amide bonds. The molecule has 16 heteroatoms. The third-order valence-corrected chi connectivity index (χ3v) is 9.58. The van der Waals surface area contributed by atoms with Crippen molar-refractivity contribution in [1.29, 1.82) is 0 Å². The van der Waals surface area contributed by atoms with Crippen LogP contribution in [0.25, 0.3) is 0 Å². The summed E-state index contributed by atoms with van der Waals surface area (Å²) in [5, 5.41) is 12.4. The Labute approximate surface area is 312 Å². The second-order valence-corrected chi connectivity index (χ2v) is 16.8. The van der Waals surface area contributed by atoms with E-state index in [4.69, 9.17) is 0 Å². The molecule has 1 heterocycles. The minimum Gasteiger partial charge on any atom is -0.346 e. The quantitative estimate of drug-likeness (QED) is 0.0643. The zero-order chi connectivity index (χ0) is 40.0. The second-order valence-electron chi connectivity index (χ2n) is 15.8. The number of rotatable bonds is 19. The summed E-state index contributed by atoms with van der Waals surface area (Å²) in [6.45, 7) is 22.3. The molecule has 1 rings (SSSR count). The van der Waals surface area contributed by atoms with Crippen molar-refractivity contribution in [1.82, 2.24) is 30.5 Å². The normalized spacial score (nSPS) is 18.4. The number of hydrogen-bond acceptors (Lipinski definition) is 7. The number of ketones is 1. The summed E-state index contributed by atoms with van der Waals surface area (Å²) in [5.41, 5.74) is -0.454. The number of quaternary nitrogens is 1. The number of carbonyl (C=O) groups excluding carboxylic acids is 6. The van der Waals surface area contributed by atoms with Gasteiger partial charge in [0, 0.05) is 31.6 Å². The molecule has 1 saturated heterocycles. The van der Waals surface area contributed by atoms with Crippen LogP contribution in [0.2, 0.25) is 0 Å². The molecule has 1 aliphatic rings. The molecule has 1 aliphatic heterocycles. The van der Waals surface area contributed by atoms with Crippen molar-refractivity contribution < 1.29 is 42.8 Å². The highest BCUT2D eigenvalue weighted by Gasteiger charge is 2.46. The first kappa shape index (κ1) is 46.6. The highest BCUT2D eigenvalue weighted by Crippen LogP contribution is 2.31. The number of primary amides is 1. The van der Waals surface area contributed by atoms with Crippen molar-refractivity contribution in [2.45, 2.75) is 119 Å². The minimum atomic E-state index is -2.37. The Morgan fingerprint density at radius 3 is 2.15 bits per heavy atom. The number of unbranched alkanes of at least 4 members (excludes halogenated alkanes) is 1. The number of Topliss-reactive ketones (excluding diaryl/α,β-unsaturated/α-hetero) is 1. The number of nitrogens with zero attached hydrogens (tertiary/aromatic N) is 2. The molecule has 0 spiro atoms. The van der Waals surface area contributed by atoms with E-state index >= 15 is 0 Å². The van der Waals surface area contributed by atoms with Crippen molar-refractivity contribution in [2.24, 2.45) is 16.7 Å². The minimum absolute atomic E-state index is 0.0117. The van der Waals surface area contributed by atoms with E-state index in [1.54, 1.807) is 20.8 Å². The lowest BCUT2D eigenvalue weighted by Gasteiger charge is -2.38. The predicted octanol–water partition coefficient (Wildman–Crippen LogP) is 1.39.